The molecule has 0 aromatic heterocycles. The van der Waals surface area contributed by atoms with Gasteiger partial charge in [-0.15, -0.1) is 0 Å². The van der Waals surface area contributed by atoms with Crippen molar-refractivity contribution >= 4 is 11.8 Å². The summed E-state index contributed by atoms with van der Waals surface area (Å²) in [6, 6.07) is 27.0. The molecular weight excluding hydrogens is 392 g/mol. The SMILES string of the molecule is Cc1cc(C)c(-c2ccc(Sc3ccc(-c4c(C)cc(C)cc4C)cc3)cc2)c(C)c1. The van der Waals surface area contributed by atoms with Gasteiger partial charge in [0.1, 0.15) is 0 Å². The molecular formula is C30H30S. The van der Waals surface area contributed by atoms with E-state index in [-0.39, 0.29) is 0 Å². The zero-order chi connectivity index (χ0) is 22.1. The van der Waals surface area contributed by atoms with E-state index >= 15 is 0 Å². The smallest absolute Gasteiger partial charge is 0.0122 e. The van der Waals surface area contributed by atoms with Crippen LogP contribution in [0.5, 0.6) is 0 Å². The summed E-state index contributed by atoms with van der Waals surface area (Å²) in [6.07, 6.45) is 0. The van der Waals surface area contributed by atoms with Crippen molar-refractivity contribution < 1.29 is 0 Å². The average molecular weight is 423 g/mol. The van der Waals surface area contributed by atoms with Crippen LogP contribution in [-0.2, 0) is 0 Å². The van der Waals surface area contributed by atoms with Crippen molar-refractivity contribution in [2.45, 2.75) is 51.3 Å². The fraction of sp³-hybridized carbons (Fsp3) is 0.200. The molecule has 0 aliphatic heterocycles. The minimum Gasteiger partial charge on any atom is -0.0901 e. The van der Waals surface area contributed by atoms with Crippen LogP contribution in [-0.4, -0.2) is 0 Å². The number of aryl methyl sites for hydroxylation is 6. The third-order valence-corrected chi connectivity index (χ3v) is 6.89. The van der Waals surface area contributed by atoms with Gasteiger partial charge in [0.2, 0.25) is 0 Å². The van der Waals surface area contributed by atoms with Gasteiger partial charge < -0.3 is 0 Å². The Bertz CT molecular complexity index is 1080. The van der Waals surface area contributed by atoms with Gasteiger partial charge >= 0.3 is 0 Å². The van der Waals surface area contributed by atoms with E-state index in [1.165, 1.54) is 65.4 Å². The maximum absolute atomic E-state index is 2.27. The van der Waals surface area contributed by atoms with E-state index < -0.39 is 0 Å². The standard InChI is InChI=1S/C30H30S/c1-19-15-21(3)29(22(4)16-19)25-7-11-27(12-8-25)31-28-13-9-26(10-14-28)30-23(5)17-20(2)18-24(30)6/h7-18H,1-6H3. The lowest BCUT2D eigenvalue weighted by Gasteiger charge is -2.13. The Morgan fingerprint density at radius 2 is 0.710 bits per heavy atom. The number of rotatable bonds is 4. The Labute approximate surface area is 191 Å². The summed E-state index contributed by atoms with van der Waals surface area (Å²) < 4.78 is 0. The molecule has 4 aromatic rings. The van der Waals surface area contributed by atoms with Crippen molar-refractivity contribution in [3.63, 3.8) is 0 Å². The van der Waals surface area contributed by atoms with Crippen molar-refractivity contribution in [1.82, 2.24) is 0 Å². The molecule has 0 aliphatic rings. The van der Waals surface area contributed by atoms with Gasteiger partial charge in [0.05, 0.1) is 0 Å². The van der Waals surface area contributed by atoms with Gasteiger partial charge in [0.25, 0.3) is 0 Å². The van der Waals surface area contributed by atoms with Crippen LogP contribution in [0, 0.1) is 41.5 Å². The maximum Gasteiger partial charge on any atom is 0.0122 e. The van der Waals surface area contributed by atoms with Gasteiger partial charge in [-0.3, -0.25) is 0 Å². The van der Waals surface area contributed by atoms with E-state index in [9.17, 15) is 0 Å². The predicted molar refractivity (Wildman–Crippen MR) is 136 cm³/mol. The van der Waals surface area contributed by atoms with Crippen LogP contribution in [0.4, 0.5) is 0 Å². The molecule has 0 atom stereocenters. The minimum absolute atomic E-state index is 1.27. The summed E-state index contributed by atoms with van der Waals surface area (Å²) >= 11 is 1.82. The predicted octanol–water partition coefficient (Wildman–Crippen LogP) is 9.02. The zero-order valence-corrected chi connectivity index (χ0v) is 20.2. The van der Waals surface area contributed by atoms with Crippen molar-refractivity contribution in [3.05, 3.63) is 106 Å². The van der Waals surface area contributed by atoms with Gasteiger partial charge in [-0.05, 0) is 110 Å². The fourth-order valence-corrected chi connectivity index (χ4v) is 5.60. The average Bonchev–Trinajstić information content (AvgIpc) is 2.69. The molecule has 0 spiro atoms. The van der Waals surface area contributed by atoms with Crippen LogP contribution < -0.4 is 0 Å². The second-order valence-corrected chi connectivity index (χ2v) is 9.85. The van der Waals surface area contributed by atoms with Crippen LogP contribution in [0.2, 0.25) is 0 Å². The molecule has 4 rings (SSSR count). The van der Waals surface area contributed by atoms with Crippen molar-refractivity contribution in [1.29, 1.82) is 0 Å². The summed E-state index contributed by atoms with van der Waals surface area (Å²) in [7, 11) is 0. The lowest BCUT2D eigenvalue weighted by Crippen LogP contribution is -1.90. The third-order valence-electron chi connectivity index (χ3n) is 5.88. The minimum atomic E-state index is 1.27. The summed E-state index contributed by atoms with van der Waals surface area (Å²) in [6.45, 7) is 13.1. The molecule has 0 aliphatic carbocycles. The van der Waals surface area contributed by atoms with Crippen molar-refractivity contribution in [2.24, 2.45) is 0 Å². The molecule has 4 aromatic carbocycles. The molecule has 0 heterocycles. The number of hydrogen-bond donors (Lipinski definition) is 0. The van der Waals surface area contributed by atoms with Crippen LogP contribution in [0.25, 0.3) is 22.3 Å². The lowest BCUT2D eigenvalue weighted by molar-refractivity contribution is 1.31. The highest BCUT2D eigenvalue weighted by Crippen LogP contribution is 2.34. The molecule has 0 radical (unpaired) electrons. The Balaban J connectivity index is 1.54. The molecule has 0 bridgehead atoms. The summed E-state index contributed by atoms with van der Waals surface area (Å²) in [5, 5.41) is 0. The molecule has 156 valence electrons. The molecule has 0 unspecified atom stereocenters. The maximum atomic E-state index is 2.27. The molecule has 0 saturated heterocycles. The number of benzene rings is 4. The molecule has 0 fully saturated rings. The first-order chi connectivity index (χ1) is 14.8. The van der Waals surface area contributed by atoms with Crippen LogP contribution >= 0.6 is 11.8 Å². The Morgan fingerprint density at radius 1 is 0.419 bits per heavy atom. The van der Waals surface area contributed by atoms with E-state index in [1.807, 2.05) is 11.8 Å². The van der Waals surface area contributed by atoms with Gasteiger partial charge in [0.15, 0.2) is 0 Å². The normalized spacial score (nSPS) is 11.0. The summed E-state index contributed by atoms with van der Waals surface area (Å²) in [5.41, 5.74) is 13.3. The molecule has 0 nitrogen and oxygen atoms in total. The monoisotopic (exact) mass is 422 g/mol. The van der Waals surface area contributed by atoms with Gasteiger partial charge in [-0.25, -0.2) is 0 Å². The molecule has 1 heteroatoms. The lowest BCUT2D eigenvalue weighted by atomic mass is 9.94. The largest absolute Gasteiger partial charge is 0.0901 e. The van der Waals surface area contributed by atoms with E-state index in [0.29, 0.717) is 0 Å². The Hall–Kier alpha value is -2.77. The third kappa shape index (κ3) is 4.62. The quantitative estimate of drug-likeness (QED) is 0.316. The Kier molecular flexibility index (Phi) is 6.07. The molecule has 0 saturated carbocycles. The van der Waals surface area contributed by atoms with Crippen molar-refractivity contribution in [2.75, 3.05) is 0 Å². The Morgan fingerprint density at radius 3 is 1.00 bits per heavy atom. The summed E-state index contributed by atoms with van der Waals surface area (Å²) in [4.78, 5) is 2.53. The van der Waals surface area contributed by atoms with Gasteiger partial charge in [0, 0.05) is 9.79 Å². The molecule has 0 amide bonds. The molecule has 0 N–H and O–H groups in total. The van der Waals surface area contributed by atoms with E-state index in [2.05, 4.69) is 114 Å². The fourth-order valence-electron chi connectivity index (χ4n) is 4.79. The van der Waals surface area contributed by atoms with Crippen LogP contribution in [0.3, 0.4) is 0 Å². The second kappa shape index (κ2) is 8.77. The van der Waals surface area contributed by atoms with E-state index in [1.54, 1.807) is 0 Å². The summed E-state index contributed by atoms with van der Waals surface area (Å²) in [5.74, 6) is 0. The van der Waals surface area contributed by atoms with Crippen LogP contribution in [0.15, 0.2) is 82.6 Å². The first-order valence-electron chi connectivity index (χ1n) is 10.9. The number of hydrogen-bond acceptors (Lipinski definition) is 1. The first-order valence-corrected chi connectivity index (χ1v) is 11.7. The first kappa shape index (κ1) is 21.5. The van der Waals surface area contributed by atoms with E-state index in [4.69, 9.17) is 0 Å². The van der Waals surface area contributed by atoms with Gasteiger partial charge in [-0.2, -0.15) is 0 Å². The topological polar surface area (TPSA) is 0 Å². The highest BCUT2D eigenvalue weighted by atomic mass is 32.2. The highest BCUT2D eigenvalue weighted by Gasteiger charge is 2.09. The second-order valence-electron chi connectivity index (χ2n) is 8.70. The zero-order valence-electron chi connectivity index (χ0n) is 19.3. The van der Waals surface area contributed by atoms with Gasteiger partial charge in [-0.1, -0.05) is 71.4 Å². The van der Waals surface area contributed by atoms with Crippen molar-refractivity contribution in [3.8, 4) is 22.3 Å². The van der Waals surface area contributed by atoms with E-state index in [0.717, 1.165) is 0 Å². The molecule has 31 heavy (non-hydrogen) atoms. The highest BCUT2D eigenvalue weighted by molar-refractivity contribution is 7.99. The van der Waals surface area contributed by atoms with Crippen LogP contribution in [0.1, 0.15) is 33.4 Å².